The Morgan fingerprint density at radius 2 is 1.94 bits per heavy atom. The fourth-order valence-electron chi connectivity index (χ4n) is 1.37. The number of halogens is 1. The molecule has 0 heterocycles. The van der Waals surface area contributed by atoms with Gasteiger partial charge in [-0.3, -0.25) is 4.79 Å². The molecule has 0 aliphatic rings. The van der Waals surface area contributed by atoms with Crippen LogP contribution in [0.3, 0.4) is 0 Å². The minimum absolute atomic E-state index is 0. The van der Waals surface area contributed by atoms with Crippen LogP contribution in [0.5, 0.6) is 0 Å². The predicted octanol–water partition coefficient (Wildman–Crippen LogP) is -1.58. The van der Waals surface area contributed by atoms with Gasteiger partial charge in [0.05, 0.1) is 13.4 Å². The van der Waals surface area contributed by atoms with E-state index < -0.39 is 0 Å². The topological polar surface area (TPSA) is 43.4 Å². The van der Waals surface area contributed by atoms with Crippen molar-refractivity contribution in [2.75, 3.05) is 24.9 Å². The van der Waals surface area contributed by atoms with E-state index in [4.69, 9.17) is 0 Å². The van der Waals surface area contributed by atoms with Crippen LogP contribution in [0.25, 0.3) is 0 Å². The first kappa shape index (κ1) is 18.3. The van der Waals surface area contributed by atoms with E-state index in [9.17, 15) is 9.59 Å². The largest absolute Gasteiger partial charge is 1.00 e. The normalized spacial score (nSPS) is 13.5. The highest BCUT2D eigenvalue weighted by atomic mass is 79.9. The maximum absolute atomic E-state index is 11.2. The third kappa shape index (κ3) is 8.16. The maximum atomic E-state index is 11.2. The van der Waals surface area contributed by atoms with E-state index in [-0.39, 0.29) is 45.5 Å². The van der Waals surface area contributed by atoms with E-state index in [1.165, 1.54) is 7.11 Å². The van der Waals surface area contributed by atoms with Crippen LogP contribution < -0.4 is 17.0 Å². The van der Waals surface area contributed by atoms with Crippen molar-refractivity contribution in [3.63, 3.8) is 0 Å². The van der Waals surface area contributed by atoms with Crippen LogP contribution in [0.2, 0.25) is 0 Å². The zero-order valence-corrected chi connectivity index (χ0v) is 12.8. The lowest BCUT2D eigenvalue weighted by Crippen LogP contribution is -3.00. The number of carbonyl (C=O) groups excluding carboxylic acids is 2. The molecule has 0 spiro atoms. The number of rotatable bonds is 7. The molecule has 5 heteroatoms. The first-order chi connectivity index (χ1) is 7.01. The van der Waals surface area contributed by atoms with Crippen LogP contribution in [-0.4, -0.2) is 36.6 Å². The lowest BCUT2D eigenvalue weighted by Gasteiger charge is -2.09. The van der Waals surface area contributed by atoms with Gasteiger partial charge < -0.3 is 21.7 Å². The summed E-state index contributed by atoms with van der Waals surface area (Å²) in [5, 5.41) is 0. The van der Waals surface area contributed by atoms with Gasteiger partial charge in [-0.1, -0.05) is 6.92 Å². The van der Waals surface area contributed by atoms with Crippen molar-refractivity contribution in [3.05, 3.63) is 0 Å². The second kappa shape index (κ2) is 10.1. The molecule has 16 heavy (non-hydrogen) atoms. The summed E-state index contributed by atoms with van der Waals surface area (Å²) < 4.78 is 4.60. The van der Waals surface area contributed by atoms with Crippen LogP contribution in [0, 0.1) is 5.92 Å². The Morgan fingerprint density at radius 3 is 2.31 bits per heavy atom. The molecule has 96 valence electrons. The molecule has 0 N–H and O–H groups in total. The first-order valence-electron chi connectivity index (χ1n) is 5.17. The van der Waals surface area contributed by atoms with Crippen molar-refractivity contribution in [3.8, 4) is 0 Å². The molecule has 0 fully saturated rings. The number of methoxy groups -OCH3 is 1. The second-order valence-corrected chi connectivity index (χ2v) is 5.97. The predicted molar refractivity (Wildman–Crippen MR) is 64.1 cm³/mol. The van der Waals surface area contributed by atoms with Crippen molar-refractivity contribution in [1.29, 1.82) is 0 Å². The molecular formula is C11H21BrO3S. The highest BCUT2D eigenvalue weighted by Crippen LogP contribution is 2.11. The van der Waals surface area contributed by atoms with Crippen molar-refractivity contribution in [1.82, 2.24) is 0 Å². The molecule has 0 rings (SSSR count). The lowest BCUT2D eigenvalue weighted by atomic mass is 10.00. The molecule has 0 aromatic heterocycles. The summed E-state index contributed by atoms with van der Waals surface area (Å²) in [6.07, 6.45) is 3.83. The second-order valence-electron chi connectivity index (χ2n) is 3.71. The highest BCUT2D eigenvalue weighted by molar-refractivity contribution is 7.96. The Balaban J connectivity index is 0. The third-order valence-corrected chi connectivity index (χ3v) is 4.14. The quantitative estimate of drug-likeness (QED) is 0.421. The molecule has 0 aromatic carbocycles. The van der Waals surface area contributed by atoms with Gasteiger partial charge >= 0.3 is 5.97 Å². The van der Waals surface area contributed by atoms with Gasteiger partial charge in [0.1, 0.15) is 11.5 Å². The van der Waals surface area contributed by atoms with Crippen molar-refractivity contribution < 1.29 is 31.3 Å². The zero-order chi connectivity index (χ0) is 11.8. The van der Waals surface area contributed by atoms with Crippen LogP contribution >= 0.6 is 0 Å². The summed E-state index contributed by atoms with van der Waals surface area (Å²) in [6.45, 7) is 3.67. The van der Waals surface area contributed by atoms with E-state index in [1.807, 2.05) is 13.2 Å². The summed E-state index contributed by atoms with van der Waals surface area (Å²) in [7, 11) is 1.44. The molecule has 0 aromatic rings. The number of esters is 1. The molecule has 0 bridgehead atoms. The van der Waals surface area contributed by atoms with Crippen molar-refractivity contribution in [2.45, 2.75) is 26.7 Å². The zero-order valence-electron chi connectivity index (χ0n) is 10.4. The Labute approximate surface area is 111 Å². The number of ketones is 1. The molecule has 0 amide bonds. The molecule has 0 aliphatic heterocycles. The molecular weight excluding hydrogens is 292 g/mol. The van der Waals surface area contributed by atoms with Crippen molar-refractivity contribution >= 4 is 22.6 Å². The first-order valence-corrected chi connectivity index (χ1v) is 7.14. The fraction of sp³-hybridized carbons (Fsp3) is 0.818. The molecule has 1 unspecified atom stereocenters. The number of carbonyl (C=O) groups is 2. The Morgan fingerprint density at radius 1 is 1.38 bits per heavy atom. The van der Waals surface area contributed by atoms with Crippen LogP contribution in [0.15, 0.2) is 0 Å². The van der Waals surface area contributed by atoms with Gasteiger partial charge in [-0.25, -0.2) is 4.79 Å². The highest BCUT2D eigenvalue weighted by Gasteiger charge is 2.21. The minimum Gasteiger partial charge on any atom is -1.00 e. The van der Waals surface area contributed by atoms with Crippen molar-refractivity contribution in [2.24, 2.45) is 5.92 Å². The van der Waals surface area contributed by atoms with Gasteiger partial charge in [0.15, 0.2) is 0 Å². The van der Waals surface area contributed by atoms with E-state index in [1.54, 1.807) is 6.92 Å². The number of Topliss-reactive ketones (excluding diaryl/α,β-unsaturated/α-hetero) is 1. The Bertz CT molecular complexity index is 221. The van der Waals surface area contributed by atoms with E-state index in [2.05, 4.69) is 4.74 Å². The van der Waals surface area contributed by atoms with Crippen LogP contribution in [0.4, 0.5) is 0 Å². The molecule has 0 saturated carbocycles. The summed E-state index contributed by atoms with van der Waals surface area (Å²) in [6, 6.07) is 0. The molecule has 2 atom stereocenters. The van der Waals surface area contributed by atoms with Gasteiger partial charge in [-0.2, -0.15) is 0 Å². The van der Waals surface area contributed by atoms with E-state index in [0.29, 0.717) is 5.75 Å². The molecule has 0 aliphatic carbocycles. The third-order valence-electron chi connectivity index (χ3n) is 2.47. The molecule has 3 nitrogen and oxygen atoms in total. The average molecular weight is 313 g/mol. The SMILES string of the molecule is CC[C@@H](CC[S+](C)CC(=O)OC)C(C)=O.[Br-]. The van der Waals surface area contributed by atoms with Gasteiger partial charge in [0.2, 0.25) is 5.75 Å². The minimum atomic E-state index is -0.156. The molecule has 0 radical (unpaired) electrons. The van der Waals surface area contributed by atoms with Gasteiger partial charge in [-0.05, 0) is 24.2 Å². The summed E-state index contributed by atoms with van der Waals surface area (Å²) in [4.78, 5) is 22.2. The average Bonchev–Trinajstić information content (AvgIpc) is 2.17. The lowest BCUT2D eigenvalue weighted by molar-refractivity contribution is -0.137. The Hall–Kier alpha value is -0.0300. The Kier molecular flexibility index (Phi) is 11.6. The summed E-state index contributed by atoms with van der Waals surface area (Å²) in [5.74, 6) is 1.68. The number of hydrogen-bond acceptors (Lipinski definition) is 3. The standard InChI is InChI=1S/C11H21O3S.BrH/c1-5-10(9(2)12)6-7-15(4)8-11(13)14-3;/h10H,5-8H2,1-4H3;1H/q+1;/p-1/t10-,15?;/m0./s1. The van der Waals surface area contributed by atoms with Gasteiger partial charge in [0.25, 0.3) is 0 Å². The van der Waals surface area contributed by atoms with E-state index >= 15 is 0 Å². The van der Waals surface area contributed by atoms with Gasteiger partial charge in [0, 0.05) is 12.3 Å². The van der Waals surface area contributed by atoms with Crippen LogP contribution in [0.1, 0.15) is 26.7 Å². The number of hydrogen-bond donors (Lipinski definition) is 0. The number of ether oxygens (including phenoxy) is 1. The smallest absolute Gasteiger partial charge is 0.355 e. The van der Waals surface area contributed by atoms with Crippen LogP contribution in [-0.2, 0) is 25.2 Å². The fourth-order valence-corrected chi connectivity index (χ4v) is 2.72. The summed E-state index contributed by atoms with van der Waals surface area (Å²) >= 11 is 0. The van der Waals surface area contributed by atoms with E-state index in [0.717, 1.165) is 18.6 Å². The molecule has 0 saturated heterocycles. The maximum Gasteiger partial charge on any atom is 0.355 e. The summed E-state index contributed by atoms with van der Waals surface area (Å²) in [5.41, 5.74) is 0. The monoisotopic (exact) mass is 312 g/mol. The van der Waals surface area contributed by atoms with Gasteiger partial charge in [-0.15, -0.1) is 0 Å².